The summed E-state index contributed by atoms with van der Waals surface area (Å²) in [7, 11) is 1.16. The number of carbonyl (C=O) groups is 4. The molecule has 1 N–H and O–H groups in total. The van der Waals surface area contributed by atoms with Gasteiger partial charge in [-0.05, 0) is 57.0 Å². The minimum Gasteiger partial charge on any atom is -0.508 e. The van der Waals surface area contributed by atoms with E-state index in [9.17, 15) is 24.3 Å². The summed E-state index contributed by atoms with van der Waals surface area (Å²) >= 11 is 0. The Labute approximate surface area is 192 Å². The molecule has 1 aliphatic heterocycles. The standard InChI is InChI=1S/C24H29NO8/c1-7-18(33-22(30)31-6)15(4)14-24(8-2)19(27)23(5,21(29)32-9-3)20(28)25(24)16-11-10-12-17(26)13-16/h7,10-14,18,26H,1,8-9H2,2-6H3/b15-14+/t18?,23-,24-/m0/s1. The Morgan fingerprint density at radius 2 is 1.94 bits per heavy atom. The van der Waals surface area contributed by atoms with Gasteiger partial charge in [0.25, 0.3) is 5.91 Å². The third-order valence-corrected chi connectivity index (χ3v) is 5.71. The van der Waals surface area contributed by atoms with Crippen molar-refractivity contribution in [2.75, 3.05) is 18.6 Å². The summed E-state index contributed by atoms with van der Waals surface area (Å²) in [4.78, 5) is 53.2. The number of ketones is 1. The van der Waals surface area contributed by atoms with Crippen LogP contribution in [0.1, 0.15) is 34.1 Å². The average Bonchev–Trinajstić information content (AvgIpc) is 2.96. The van der Waals surface area contributed by atoms with Gasteiger partial charge < -0.3 is 19.3 Å². The van der Waals surface area contributed by atoms with E-state index >= 15 is 0 Å². The first kappa shape index (κ1) is 25.6. The molecule has 0 bridgehead atoms. The molecule has 1 amide bonds. The number of methoxy groups -OCH3 is 1. The number of amides is 1. The van der Waals surface area contributed by atoms with Gasteiger partial charge >= 0.3 is 12.1 Å². The van der Waals surface area contributed by atoms with Crippen LogP contribution in [0, 0.1) is 5.41 Å². The van der Waals surface area contributed by atoms with Crippen LogP contribution < -0.4 is 4.90 Å². The summed E-state index contributed by atoms with van der Waals surface area (Å²) in [6.45, 7) is 9.74. The van der Waals surface area contributed by atoms with Crippen LogP contribution in [0.5, 0.6) is 5.75 Å². The third kappa shape index (κ3) is 4.35. The molecule has 1 saturated heterocycles. The zero-order valence-corrected chi connectivity index (χ0v) is 19.4. The van der Waals surface area contributed by atoms with Crippen molar-refractivity contribution in [3.63, 3.8) is 0 Å². The first-order chi connectivity index (χ1) is 15.5. The second kappa shape index (κ2) is 9.89. The van der Waals surface area contributed by atoms with Crippen LogP contribution >= 0.6 is 0 Å². The van der Waals surface area contributed by atoms with E-state index in [1.165, 1.54) is 42.2 Å². The molecule has 1 fully saturated rings. The van der Waals surface area contributed by atoms with E-state index in [4.69, 9.17) is 9.47 Å². The molecule has 0 radical (unpaired) electrons. The Balaban J connectivity index is 2.77. The number of rotatable bonds is 8. The summed E-state index contributed by atoms with van der Waals surface area (Å²) in [5, 5.41) is 10.0. The number of benzene rings is 1. The van der Waals surface area contributed by atoms with Gasteiger partial charge in [-0.25, -0.2) is 4.79 Å². The first-order valence-corrected chi connectivity index (χ1v) is 10.5. The highest BCUT2D eigenvalue weighted by atomic mass is 16.7. The molecule has 178 valence electrons. The molecule has 1 aromatic carbocycles. The van der Waals surface area contributed by atoms with E-state index in [-0.39, 0.29) is 24.5 Å². The van der Waals surface area contributed by atoms with Gasteiger partial charge in [0.2, 0.25) is 5.41 Å². The fourth-order valence-corrected chi connectivity index (χ4v) is 3.96. The lowest BCUT2D eigenvalue weighted by Gasteiger charge is -2.35. The van der Waals surface area contributed by atoms with Crippen molar-refractivity contribution in [1.29, 1.82) is 0 Å². The van der Waals surface area contributed by atoms with E-state index in [1.807, 2.05) is 0 Å². The summed E-state index contributed by atoms with van der Waals surface area (Å²) in [5.41, 5.74) is -3.13. The maximum atomic E-state index is 13.9. The predicted molar refractivity (Wildman–Crippen MR) is 120 cm³/mol. The lowest BCUT2D eigenvalue weighted by molar-refractivity contribution is -0.160. The van der Waals surface area contributed by atoms with Crippen LogP contribution in [-0.2, 0) is 28.6 Å². The highest BCUT2D eigenvalue weighted by molar-refractivity contribution is 6.35. The molecule has 1 unspecified atom stereocenters. The van der Waals surface area contributed by atoms with Gasteiger partial charge in [0.05, 0.1) is 13.7 Å². The minimum atomic E-state index is -2.11. The zero-order valence-electron chi connectivity index (χ0n) is 19.4. The Bertz CT molecular complexity index is 1000. The quantitative estimate of drug-likeness (QED) is 0.357. The smallest absolute Gasteiger partial charge is 0.508 e. The van der Waals surface area contributed by atoms with Crippen molar-refractivity contribution in [2.45, 2.75) is 45.8 Å². The highest BCUT2D eigenvalue weighted by Gasteiger charge is 2.68. The number of carbonyl (C=O) groups excluding carboxylic acids is 4. The number of Topliss-reactive ketones (excluding diaryl/α,β-unsaturated/α-hetero) is 1. The molecular formula is C24H29NO8. The molecule has 1 aromatic rings. The van der Waals surface area contributed by atoms with Gasteiger partial charge in [-0.1, -0.05) is 19.6 Å². The van der Waals surface area contributed by atoms with Crippen LogP contribution in [0.4, 0.5) is 10.5 Å². The van der Waals surface area contributed by atoms with E-state index in [1.54, 1.807) is 26.8 Å². The van der Waals surface area contributed by atoms with Gasteiger partial charge in [0.1, 0.15) is 17.4 Å². The van der Waals surface area contributed by atoms with Gasteiger partial charge in [-0.3, -0.25) is 19.3 Å². The third-order valence-electron chi connectivity index (χ3n) is 5.71. The summed E-state index contributed by atoms with van der Waals surface area (Å²) in [6.07, 6.45) is 1.01. The van der Waals surface area contributed by atoms with Gasteiger partial charge in [-0.2, -0.15) is 0 Å². The molecule has 1 heterocycles. The number of nitrogens with zero attached hydrogens (tertiary/aromatic N) is 1. The fourth-order valence-electron chi connectivity index (χ4n) is 3.96. The van der Waals surface area contributed by atoms with Crippen LogP contribution in [0.2, 0.25) is 0 Å². The number of hydrogen-bond donors (Lipinski definition) is 1. The first-order valence-electron chi connectivity index (χ1n) is 10.5. The van der Waals surface area contributed by atoms with Crippen molar-refractivity contribution in [3.8, 4) is 5.75 Å². The summed E-state index contributed by atoms with van der Waals surface area (Å²) in [6, 6.07) is 5.81. The zero-order chi connectivity index (χ0) is 25.0. The molecule has 0 saturated carbocycles. The van der Waals surface area contributed by atoms with Gasteiger partial charge in [0, 0.05) is 11.8 Å². The number of phenols is 1. The Hall–Kier alpha value is -3.62. The molecule has 9 nitrogen and oxygen atoms in total. The predicted octanol–water partition coefficient (Wildman–Crippen LogP) is 3.31. The lowest BCUT2D eigenvalue weighted by atomic mass is 9.77. The Morgan fingerprint density at radius 3 is 2.45 bits per heavy atom. The largest absolute Gasteiger partial charge is 0.508 e. The molecule has 3 atom stereocenters. The minimum absolute atomic E-state index is 0.0133. The van der Waals surface area contributed by atoms with E-state index < -0.39 is 40.9 Å². The number of hydrogen-bond acceptors (Lipinski definition) is 8. The SMILES string of the molecule is C=CC(OC(=O)OC)/C(C)=C/[C@@]1(CC)C(=O)[C@](C)(C(=O)OCC)C(=O)N1c1cccc(O)c1. The number of anilines is 1. The summed E-state index contributed by atoms with van der Waals surface area (Å²) in [5.74, 6) is -2.56. The molecule has 0 spiro atoms. The monoisotopic (exact) mass is 459 g/mol. The van der Waals surface area contributed by atoms with Crippen molar-refractivity contribution in [1.82, 2.24) is 0 Å². The maximum absolute atomic E-state index is 13.9. The number of esters is 1. The molecular weight excluding hydrogens is 430 g/mol. The number of aromatic hydroxyl groups is 1. The Kier molecular flexibility index (Phi) is 7.68. The molecule has 33 heavy (non-hydrogen) atoms. The second-order valence-electron chi connectivity index (χ2n) is 7.73. The average molecular weight is 459 g/mol. The van der Waals surface area contributed by atoms with E-state index in [0.717, 1.165) is 7.11 Å². The van der Waals surface area contributed by atoms with Crippen LogP contribution in [-0.4, -0.2) is 54.3 Å². The molecule has 0 aliphatic carbocycles. The van der Waals surface area contributed by atoms with Crippen molar-refractivity contribution >= 4 is 29.5 Å². The van der Waals surface area contributed by atoms with E-state index in [2.05, 4.69) is 11.3 Å². The van der Waals surface area contributed by atoms with Crippen LogP contribution in [0.15, 0.2) is 48.6 Å². The summed E-state index contributed by atoms with van der Waals surface area (Å²) < 4.78 is 14.8. The maximum Gasteiger partial charge on any atom is 0.508 e. The van der Waals surface area contributed by atoms with Gasteiger partial charge in [-0.15, -0.1) is 0 Å². The van der Waals surface area contributed by atoms with Gasteiger partial charge in [0.15, 0.2) is 5.78 Å². The highest BCUT2D eigenvalue weighted by Crippen LogP contribution is 2.46. The Morgan fingerprint density at radius 1 is 1.27 bits per heavy atom. The number of ether oxygens (including phenoxy) is 3. The second-order valence-corrected chi connectivity index (χ2v) is 7.73. The van der Waals surface area contributed by atoms with Crippen molar-refractivity contribution in [2.24, 2.45) is 5.41 Å². The van der Waals surface area contributed by atoms with Crippen molar-refractivity contribution < 1.29 is 38.5 Å². The normalized spacial score (nSPS) is 23.8. The molecule has 1 aliphatic rings. The topological polar surface area (TPSA) is 119 Å². The molecule has 2 rings (SSSR count). The lowest BCUT2D eigenvalue weighted by Crippen LogP contribution is -2.49. The van der Waals surface area contributed by atoms with Crippen LogP contribution in [0.3, 0.4) is 0 Å². The fraction of sp³-hybridized carbons (Fsp3) is 0.417. The van der Waals surface area contributed by atoms with E-state index in [0.29, 0.717) is 5.57 Å². The molecule has 9 heteroatoms. The van der Waals surface area contributed by atoms with Crippen molar-refractivity contribution in [3.05, 3.63) is 48.6 Å². The molecule has 0 aromatic heterocycles. The number of phenolic OH excluding ortho intramolecular Hbond substituents is 1. The van der Waals surface area contributed by atoms with Crippen LogP contribution in [0.25, 0.3) is 0 Å².